The quantitative estimate of drug-likeness (QED) is 0.415. The predicted octanol–water partition coefficient (Wildman–Crippen LogP) is 9.72. The lowest BCUT2D eigenvalue weighted by Gasteiger charge is -2.23. The van der Waals surface area contributed by atoms with E-state index in [0.29, 0.717) is 0 Å². The Kier molecular flexibility index (Phi) is 8.66. The highest BCUT2D eigenvalue weighted by molar-refractivity contribution is 5.88. The molecule has 0 aliphatic rings. The summed E-state index contributed by atoms with van der Waals surface area (Å²) >= 11 is 0. The smallest absolute Gasteiger partial charge is 0.0115 e. The van der Waals surface area contributed by atoms with Crippen molar-refractivity contribution in [3.05, 3.63) is 92.1 Å². The van der Waals surface area contributed by atoms with Crippen molar-refractivity contribution in [1.82, 2.24) is 0 Å². The second-order valence-electron chi connectivity index (χ2n) is 9.17. The van der Waals surface area contributed by atoms with Crippen LogP contribution in [0.25, 0.3) is 11.1 Å². The standard InChI is InChI=1S/C30H42/c1-17(2)22(9)24(11)26(13)30(27(14)25(12)23(10)18(3)4)29-20(7)15-28(19(5)6)16-21(29)8/h15-16H,1,5H2,2-4,6-14H3/b24-22-,27-25+,30-26-. The summed E-state index contributed by atoms with van der Waals surface area (Å²) in [4.78, 5) is 0. The Hall–Kier alpha value is -2.34. The van der Waals surface area contributed by atoms with Crippen molar-refractivity contribution in [2.75, 3.05) is 0 Å². The second-order valence-corrected chi connectivity index (χ2v) is 9.17. The van der Waals surface area contributed by atoms with Gasteiger partial charge in [0.25, 0.3) is 0 Å². The van der Waals surface area contributed by atoms with Crippen molar-refractivity contribution in [1.29, 1.82) is 0 Å². The van der Waals surface area contributed by atoms with Crippen LogP contribution in [0, 0.1) is 13.8 Å². The average Bonchev–Trinajstić information content (AvgIpc) is 2.66. The van der Waals surface area contributed by atoms with Gasteiger partial charge in [0.15, 0.2) is 0 Å². The molecular formula is C30H42. The van der Waals surface area contributed by atoms with E-state index >= 15 is 0 Å². The summed E-state index contributed by atoms with van der Waals surface area (Å²) < 4.78 is 0. The van der Waals surface area contributed by atoms with E-state index in [-0.39, 0.29) is 0 Å². The summed E-state index contributed by atoms with van der Waals surface area (Å²) in [6.45, 7) is 34.7. The van der Waals surface area contributed by atoms with Crippen molar-refractivity contribution >= 4 is 11.1 Å². The number of hydrogen-bond acceptors (Lipinski definition) is 0. The van der Waals surface area contributed by atoms with Crippen LogP contribution in [-0.2, 0) is 0 Å². The minimum atomic E-state index is 1.10. The molecule has 0 bridgehead atoms. The van der Waals surface area contributed by atoms with Crippen molar-refractivity contribution in [3.63, 3.8) is 0 Å². The normalized spacial score (nSPS) is 13.9. The maximum atomic E-state index is 4.18. The molecule has 0 aromatic heterocycles. The van der Waals surface area contributed by atoms with Gasteiger partial charge in [0.05, 0.1) is 0 Å². The summed E-state index contributed by atoms with van der Waals surface area (Å²) in [6, 6.07) is 4.55. The van der Waals surface area contributed by atoms with E-state index in [1.807, 2.05) is 0 Å². The van der Waals surface area contributed by atoms with Crippen LogP contribution in [-0.4, -0.2) is 0 Å². The highest BCUT2D eigenvalue weighted by Crippen LogP contribution is 2.39. The third-order valence-corrected chi connectivity index (χ3v) is 6.67. The summed E-state index contributed by atoms with van der Waals surface area (Å²) in [5, 5.41) is 0. The lowest BCUT2D eigenvalue weighted by Crippen LogP contribution is -2.03. The molecule has 0 saturated heterocycles. The highest BCUT2D eigenvalue weighted by Gasteiger charge is 2.18. The van der Waals surface area contributed by atoms with Gasteiger partial charge in [0.1, 0.15) is 0 Å². The van der Waals surface area contributed by atoms with Gasteiger partial charge >= 0.3 is 0 Å². The zero-order chi connectivity index (χ0) is 23.5. The van der Waals surface area contributed by atoms with E-state index in [2.05, 4.69) is 108 Å². The summed E-state index contributed by atoms with van der Waals surface area (Å²) in [5.41, 5.74) is 18.0. The second kappa shape index (κ2) is 10.1. The van der Waals surface area contributed by atoms with Crippen LogP contribution in [0.15, 0.2) is 69.9 Å². The number of hydrogen-bond donors (Lipinski definition) is 0. The zero-order valence-corrected chi connectivity index (χ0v) is 21.6. The van der Waals surface area contributed by atoms with Gasteiger partial charge in [-0.1, -0.05) is 42.0 Å². The maximum Gasteiger partial charge on any atom is -0.0115 e. The fourth-order valence-corrected chi connectivity index (χ4v) is 3.89. The van der Waals surface area contributed by atoms with E-state index < -0.39 is 0 Å². The molecule has 0 heteroatoms. The summed E-state index contributed by atoms with van der Waals surface area (Å²) in [5.74, 6) is 0. The number of allylic oxidation sites excluding steroid dienone is 10. The first-order valence-electron chi connectivity index (χ1n) is 10.9. The van der Waals surface area contributed by atoms with Gasteiger partial charge < -0.3 is 0 Å². The van der Waals surface area contributed by atoms with Gasteiger partial charge in [-0.05, 0) is 144 Å². The molecule has 1 aromatic carbocycles. The van der Waals surface area contributed by atoms with Gasteiger partial charge in [0, 0.05) is 0 Å². The molecule has 0 heterocycles. The Morgan fingerprint density at radius 2 is 1.00 bits per heavy atom. The molecular weight excluding hydrogens is 360 g/mol. The maximum absolute atomic E-state index is 4.18. The molecule has 0 amide bonds. The Morgan fingerprint density at radius 1 is 0.567 bits per heavy atom. The first-order valence-corrected chi connectivity index (χ1v) is 10.9. The van der Waals surface area contributed by atoms with Crippen LogP contribution in [0.4, 0.5) is 0 Å². The molecule has 30 heavy (non-hydrogen) atoms. The van der Waals surface area contributed by atoms with E-state index in [1.54, 1.807) is 0 Å². The molecule has 0 atom stereocenters. The largest absolute Gasteiger partial charge is 0.0958 e. The molecule has 1 aromatic rings. The predicted molar refractivity (Wildman–Crippen MR) is 139 cm³/mol. The van der Waals surface area contributed by atoms with Crippen LogP contribution in [0.2, 0.25) is 0 Å². The average molecular weight is 403 g/mol. The highest BCUT2D eigenvalue weighted by atomic mass is 14.2. The topological polar surface area (TPSA) is 0 Å². The summed E-state index contributed by atoms with van der Waals surface area (Å²) in [6.07, 6.45) is 0. The van der Waals surface area contributed by atoms with E-state index in [1.165, 1.54) is 66.8 Å². The molecule has 0 saturated carbocycles. The molecule has 0 N–H and O–H groups in total. The molecule has 0 radical (unpaired) electrons. The first kappa shape index (κ1) is 25.7. The lowest BCUT2D eigenvalue weighted by molar-refractivity contribution is 1.18. The van der Waals surface area contributed by atoms with Crippen LogP contribution in [0.3, 0.4) is 0 Å². The first-order chi connectivity index (χ1) is 13.7. The number of benzene rings is 1. The summed E-state index contributed by atoms with van der Waals surface area (Å²) in [7, 11) is 0. The Bertz CT molecular complexity index is 983. The van der Waals surface area contributed by atoms with Gasteiger partial charge in [-0.3, -0.25) is 0 Å². The van der Waals surface area contributed by atoms with Crippen LogP contribution >= 0.6 is 0 Å². The Morgan fingerprint density at radius 3 is 1.37 bits per heavy atom. The minimum Gasteiger partial charge on any atom is -0.0958 e. The van der Waals surface area contributed by atoms with Crippen molar-refractivity contribution < 1.29 is 0 Å². The molecule has 0 aliphatic heterocycles. The van der Waals surface area contributed by atoms with Crippen LogP contribution in [0.1, 0.15) is 91.5 Å². The molecule has 0 spiro atoms. The molecule has 0 aliphatic carbocycles. The monoisotopic (exact) mass is 402 g/mol. The van der Waals surface area contributed by atoms with Crippen molar-refractivity contribution in [3.8, 4) is 0 Å². The SMILES string of the molecule is C=C(C)\C(C)=C(C)/C(C)=C(/C(C)=C(\C)C(C)=C(C)C)c1c(C)cc(C(=C)C)cc1C. The Balaban J connectivity index is 4.15. The minimum absolute atomic E-state index is 1.10. The molecule has 0 unspecified atom stereocenters. The lowest BCUT2D eigenvalue weighted by atomic mass is 9.81. The molecule has 162 valence electrons. The Labute approximate surface area is 186 Å². The van der Waals surface area contributed by atoms with Crippen LogP contribution in [0.5, 0.6) is 0 Å². The van der Waals surface area contributed by atoms with Gasteiger partial charge in [-0.25, -0.2) is 0 Å². The zero-order valence-electron chi connectivity index (χ0n) is 21.6. The molecule has 0 fully saturated rings. The molecule has 0 nitrogen and oxygen atoms in total. The number of rotatable bonds is 6. The molecule has 1 rings (SSSR count). The third kappa shape index (κ3) is 5.42. The van der Waals surface area contributed by atoms with Crippen LogP contribution < -0.4 is 0 Å². The third-order valence-electron chi connectivity index (χ3n) is 6.67. The van der Waals surface area contributed by atoms with Gasteiger partial charge in [-0.15, -0.1) is 0 Å². The van der Waals surface area contributed by atoms with E-state index in [4.69, 9.17) is 0 Å². The van der Waals surface area contributed by atoms with E-state index in [0.717, 1.165) is 11.1 Å². The van der Waals surface area contributed by atoms with Gasteiger partial charge in [0.2, 0.25) is 0 Å². The van der Waals surface area contributed by atoms with Gasteiger partial charge in [-0.2, -0.15) is 0 Å². The van der Waals surface area contributed by atoms with Crippen molar-refractivity contribution in [2.45, 2.75) is 83.1 Å². The fourth-order valence-electron chi connectivity index (χ4n) is 3.89. The van der Waals surface area contributed by atoms with Crippen molar-refractivity contribution in [2.24, 2.45) is 0 Å². The fraction of sp³-hybridized carbons (Fsp3) is 0.400. The van der Waals surface area contributed by atoms with E-state index in [9.17, 15) is 0 Å². The number of aryl methyl sites for hydroxylation is 2.